The molecule has 0 bridgehead atoms. The minimum absolute atomic E-state index is 0.164. The summed E-state index contributed by atoms with van der Waals surface area (Å²) >= 11 is 0. The summed E-state index contributed by atoms with van der Waals surface area (Å²) in [7, 11) is -2.22. The van der Waals surface area contributed by atoms with Gasteiger partial charge in [-0.15, -0.1) is 0 Å². The lowest BCUT2D eigenvalue weighted by Crippen LogP contribution is -2.13. The molecule has 0 atom stereocenters. The molecule has 3 aromatic rings. The summed E-state index contributed by atoms with van der Waals surface area (Å²) in [6, 6.07) is 10.1. The fourth-order valence-corrected chi connectivity index (χ4v) is 3.48. The monoisotopic (exact) mass is 331 g/mol. The lowest BCUT2D eigenvalue weighted by molar-refractivity contribution is 0.417. The van der Waals surface area contributed by atoms with Crippen LogP contribution in [-0.4, -0.2) is 25.5 Å². The van der Waals surface area contributed by atoms with Gasteiger partial charge in [0, 0.05) is 0 Å². The quantitative estimate of drug-likeness (QED) is 0.770. The smallest absolute Gasteiger partial charge is 0.262 e. The van der Waals surface area contributed by atoms with E-state index in [1.54, 1.807) is 24.3 Å². The second-order valence-corrected chi connectivity index (χ2v) is 6.99. The third-order valence-electron chi connectivity index (χ3n) is 3.48. The van der Waals surface area contributed by atoms with Gasteiger partial charge in [0.05, 0.1) is 28.7 Å². The molecule has 0 aliphatic carbocycles. The van der Waals surface area contributed by atoms with Crippen molar-refractivity contribution < 1.29 is 13.2 Å². The number of hydrogen-bond donors (Lipinski definition) is 2. The van der Waals surface area contributed by atoms with E-state index in [1.165, 1.54) is 13.2 Å². The van der Waals surface area contributed by atoms with Gasteiger partial charge in [0.2, 0.25) is 0 Å². The summed E-state index contributed by atoms with van der Waals surface area (Å²) in [5.74, 6) is 1.21. The third kappa shape index (κ3) is 3.00. The molecule has 0 radical (unpaired) electrons. The fraction of sp³-hybridized carbons (Fsp3) is 0.188. The van der Waals surface area contributed by atoms with Crippen molar-refractivity contribution >= 4 is 26.7 Å². The van der Waals surface area contributed by atoms with E-state index < -0.39 is 10.0 Å². The zero-order valence-corrected chi connectivity index (χ0v) is 13.9. The summed E-state index contributed by atoms with van der Waals surface area (Å²) in [6.07, 6.45) is 0. The number of methoxy groups -OCH3 is 1. The Morgan fingerprint density at radius 3 is 2.65 bits per heavy atom. The summed E-state index contributed by atoms with van der Waals surface area (Å²) in [5.41, 5.74) is 2.76. The van der Waals surface area contributed by atoms with E-state index in [2.05, 4.69) is 14.7 Å². The minimum atomic E-state index is -3.72. The average Bonchev–Trinajstić information content (AvgIpc) is 2.86. The molecule has 0 amide bonds. The molecule has 23 heavy (non-hydrogen) atoms. The Kier molecular flexibility index (Phi) is 3.73. The highest BCUT2D eigenvalue weighted by molar-refractivity contribution is 7.92. The normalized spacial score (nSPS) is 11.6. The Bertz CT molecular complexity index is 977. The van der Waals surface area contributed by atoms with Crippen LogP contribution in [0.3, 0.4) is 0 Å². The van der Waals surface area contributed by atoms with Gasteiger partial charge < -0.3 is 9.72 Å². The number of H-pyrrole nitrogens is 1. The van der Waals surface area contributed by atoms with Crippen molar-refractivity contribution in [2.24, 2.45) is 0 Å². The summed E-state index contributed by atoms with van der Waals surface area (Å²) in [5, 5.41) is 0. The SMILES string of the molecule is COc1ccc(C)cc1NS(=O)(=O)c1ccc2nc(C)[nH]c2c1. The number of ether oxygens (including phenoxy) is 1. The minimum Gasteiger partial charge on any atom is -0.495 e. The van der Waals surface area contributed by atoms with Gasteiger partial charge in [0.25, 0.3) is 10.0 Å². The van der Waals surface area contributed by atoms with Crippen LogP contribution < -0.4 is 9.46 Å². The number of rotatable bonds is 4. The lowest BCUT2D eigenvalue weighted by Gasteiger charge is -2.12. The van der Waals surface area contributed by atoms with Gasteiger partial charge in [0.15, 0.2) is 0 Å². The fourth-order valence-electron chi connectivity index (χ4n) is 2.39. The van der Waals surface area contributed by atoms with Gasteiger partial charge >= 0.3 is 0 Å². The van der Waals surface area contributed by atoms with Crippen LogP contribution in [0.1, 0.15) is 11.4 Å². The van der Waals surface area contributed by atoms with Crippen LogP contribution in [0.2, 0.25) is 0 Å². The topological polar surface area (TPSA) is 84.1 Å². The number of aromatic amines is 1. The van der Waals surface area contributed by atoms with Gasteiger partial charge in [0.1, 0.15) is 11.6 Å². The first-order chi connectivity index (χ1) is 10.9. The van der Waals surface area contributed by atoms with E-state index >= 15 is 0 Å². The van der Waals surface area contributed by atoms with Crippen LogP contribution in [-0.2, 0) is 10.0 Å². The van der Waals surface area contributed by atoms with Crippen LogP contribution >= 0.6 is 0 Å². The number of imidazole rings is 1. The van der Waals surface area contributed by atoms with Gasteiger partial charge in [-0.05, 0) is 49.7 Å². The molecule has 3 rings (SSSR count). The molecule has 0 saturated heterocycles. The van der Waals surface area contributed by atoms with Crippen molar-refractivity contribution in [1.29, 1.82) is 0 Å². The number of fused-ring (bicyclic) bond motifs is 1. The third-order valence-corrected chi connectivity index (χ3v) is 4.84. The molecule has 6 nitrogen and oxygen atoms in total. The van der Waals surface area contributed by atoms with Crippen molar-refractivity contribution in [3.63, 3.8) is 0 Å². The Labute approximate surface area is 134 Å². The molecule has 0 saturated carbocycles. The molecular formula is C16H17N3O3S. The van der Waals surface area contributed by atoms with E-state index in [1.807, 2.05) is 19.9 Å². The van der Waals surface area contributed by atoms with Crippen molar-refractivity contribution in [2.45, 2.75) is 18.7 Å². The average molecular weight is 331 g/mol. The van der Waals surface area contributed by atoms with Gasteiger partial charge in [-0.2, -0.15) is 0 Å². The van der Waals surface area contributed by atoms with Crippen molar-refractivity contribution in [2.75, 3.05) is 11.8 Å². The molecule has 0 unspecified atom stereocenters. The summed E-state index contributed by atoms with van der Waals surface area (Å²) in [6.45, 7) is 3.71. The van der Waals surface area contributed by atoms with E-state index in [0.717, 1.165) is 16.9 Å². The molecule has 1 aromatic heterocycles. The number of aryl methyl sites for hydroxylation is 2. The van der Waals surface area contributed by atoms with Crippen LogP contribution in [0.5, 0.6) is 5.75 Å². The summed E-state index contributed by atoms with van der Waals surface area (Å²) < 4.78 is 33.1. The molecule has 0 aliphatic rings. The van der Waals surface area contributed by atoms with Gasteiger partial charge in [-0.1, -0.05) is 6.07 Å². The van der Waals surface area contributed by atoms with E-state index in [-0.39, 0.29) is 4.90 Å². The number of anilines is 1. The zero-order chi connectivity index (χ0) is 16.6. The maximum atomic E-state index is 12.6. The molecule has 1 heterocycles. The van der Waals surface area contributed by atoms with Crippen LogP contribution in [0.15, 0.2) is 41.3 Å². The number of sulfonamides is 1. The number of aromatic nitrogens is 2. The first-order valence-corrected chi connectivity index (χ1v) is 8.51. The Morgan fingerprint density at radius 1 is 1.13 bits per heavy atom. The molecule has 0 aliphatic heterocycles. The van der Waals surface area contributed by atoms with E-state index in [0.29, 0.717) is 17.0 Å². The number of nitrogens with one attached hydrogen (secondary N) is 2. The van der Waals surface area contributed by atoms with E-state index in [4.69, 9.17) is 4.74 Å². The van der Waals surface area contributed by atoms with Crippen molar-refractivity contribution in [3.05, 3.63) is 47.8 Å². The second kappa shape index (κ2) is 5.58. The largest absolute Gasteiger partial charge is 0.495 e. The first kappa shape index (κ1) is 15.4. The predicted octanol–water partition coefficient (Wildman–Crippen LogP) is 2.99. The highest BCUT2D eigenvalue weighted by atomic mass is 32.2. The molecule has 7 heteroatoms. The highest BCUT2D eigenvalue weighted by Gasteiger charge is 2.17. The number of hydrogen-bond acceptors (Lipinski definition) is 4. The lowest BCUT2D eigenvalue weighted by atomic mass is 10.2. The second-order valence-electron chi connectivity index (χ2n) is 5.31. The van der Waals surface area contributed by atoms with Crippen LogP contribution in [0, 0.1) is 13.8 Å². The number of benzene rings is 2. The molecular weight excluding hydrogens is 314 g/mol. The van der Waals surface area contributed by atoms with Gasteiger partial charge in [-0.3, -0.25) is 4.72 Å². The van der Waals surface area contributed by atoms with Crippen molar-refractivity contribution in [1.82, 2.24) is 9.97 Å². The molecule has 2 aromatic carbocycles. The number of nitrogens with zero attached hydrogens (tertiary/aromatic N) is 1. The van der Waals surface area contributed by atoms with Gasteiger partial charge in [-0.25, -0.2) is 13.4 Å². The maximum absolute atomic E-state index is 12.6. The molecule has 0 spiro atoms. The Balaban J connectivity index is 2.01. The standard InChI is InChI=1S/C16H17N3O3S/c1-10-4-7-16(22-3)15(8-10)19-23(20,21)12-5-6-13-14(9-12)18-11(2)17-13/h4-9,19H,1-3H3,(H,17,18). The van der Waals surface area contributed by atoms with Crippen molar-refractivity contribution in [3.8, 4) is 5.75 Å². The molecule has 0 fully saturated rings. The predicted molar refractivity (Wildman–Crippen MR) is 89.4 cm³/mol. The summed E-state index contributed by atoms with van der Waals surface area (Å²) in [4.78, 5) is 7.47. The highest BCUT2D eigenvalue weighted by Crippen LogP contribution is 2.28. The molecule has 120 valence electrons. The Hall–Kier alpha value is -2.54. The molecule has 2 N–H and O–H groups in total. The first-order valence-electron chi connectivity index (χ1n) is 7.03. The van der Waals surface area contributed by atoms with Crippen LogP contribution in [0.25, 0.3) is 11.0 Å². The maximum Gasteiger partial charge on any atom is 0.262 e. The van der Waals surface area contributed by atoms with Crippen LogP contribution in [0.4, 0.5) is 5.69 Å². The zero-order valence-electron chi connectivity index (χ0n) is 13.0. The van der Waals surface area contributed by atoms with E-state index in [9.17, 15) is 8.42 Å². The Morgan fingerprint density at radius 2 is 1.91 bits per heavy atom.